The summed E-state index contributed by atoms with van der Waals surface area (Å²) in [6.45, 7) is 9.89. The Kier molecular flexibility index (Phi) is 3.70. The van der Waals surface area contributed by atoms with Crippen LogP contribution in [0.1, 0.15) is 24.4 Å². The molecule has 0 saturated carbocycles. The molecule has 1 aromatic heterocycles. The first kappa shape index (κ1) is 12.8. The van der Waals surface area contributed by atoms with Gasteiger partial charge in [-0.2, -0.15) is 0 Å². The second kappa shape index (κ2) is 4.92. The van der Waals surface area contributed by atoms with Crippen LogP contribution in [-0.2, 0) is 11.3 Å². The van der Waals surface area contributed by atoms with Crippen molar-refractivity contribution in [3.63, 3.8) is 0 Å². The van der Waals surface area contributed by atoms with E-state index in [1.165, 1.54) is 4.88 Å². The molecule has 1 aliphatic rings. The molecule has 0 aliphatic carbocycles. The molecule has 5 heteroatoms. The third-order valence-corrected chi connectivity index (χ3v) is 4.13. The summed E-state index contributed by atoms with van der Waals surface area (Å²) in [4.78, 5) is 8.33. The van der Waals surface area contributed by atoms with Gasteiger partial charge in [-0.15, -0.1) is 11.3 Å². The van der Waals surface area contributed by atoms with Crippen molar-refractivity contribution in [1.29, 1.82) is 0 Å². The summed E-state index contributed by atoms with van der Waals surface area (Å²) in [7, 11) is 1.97. The molecule has 0 unspecified atom stereocenters. The fourth-order valence-corrected chi connectivity index (χ4v) is 3.15. The number of morpholine rings is 1. The molecule has 0 amide bonds. The number of hydrogen-bond donors (Lipinski definition) is 1. The topological polar surface area (TPSA) is 37.4 Å². The van der Waals surface area contributed by atoms with Crippen LogP contribution < -0.4 is 10.2 Å². The summed E-state index contributed by atoms with van der Waals surface area (Å²) in [5.41, 5.74) is 1.07. The molecule has 0 spiro atoms. The van der Waals surface area contributed by atoms with Gasteiger partial charge in [-0.1, -0.05) is 0 Å². The summed E-state index contributed by atoms with van der Waals surface area (Å²) in [6.07, 6.45) is 0. The Balaban J connectivity index is 2.14. The van der Waals surface area contributed by atoms with E-state index in [0.717, 1.165) is 37.1 Å². The van der Waals surface area contributed by atoms with Gasteiger partial charge in [0.15, 0.2) is 5.13 Å². The number of hydrogen-bond acceptors (Lipinski definition) is 5. The first-order valence-electron chi connectivity index (χ1n) is 6.01. The molecule has 0 atom stereocenters. The minimum atomic E-state index is -0.0685. The number of rotatable bonds is 3. The summed E-state index contributed by atoms with van der Waals surface area (Å²) in [5, 5.41) is 4.31. The smallest absolute Gasteiger partial charge is 0.185 e. The molecular weight excluding hydrogens is 234 g/mol. The van der Waals surface area contributed by atoms with Crippen molar-refractivity contribution in [1.82, 2.24) is 10.3 Å². The molecule has 17 heavy (non-hydrogen) atoms. The highest BCUT2D eigenvalue weighted by molar-refractivity contribution is 7.15. The zero-order valence-electron chi connectivity index (χ0n) is 11.0. The number of nitrogens with zero attached hydrogens (tertiary/aromatic N) is 2. The lowest BCUT2D eigenvalue weighted by atomic mass is 10.1. The first-order chi connectivity index (χ1) is 8.02. The van der Waals surface area contributed by atoms with E-state index in [0.29, 0.717) is 0 Å². The van der Waals surface area contributed by atoms with Crippen LogP contribution in [0.5, 0.6) is 0 Å². The number of aromatic nitrogens is 1. The summed E-state index contributed by atoms with van der Waals surface area (Å²) >= 11 is 1.79. The van der Waals surface area contributed by atoms with E-state index in [-0.39, 0.29) is 5.60 Å². The van der Waals surface area contributed by atoms with Gasteiger partial charge in [0, 0.05) is 24.5 Å². The van der Waals surface area contributed by atoms with Crippen molar-refractivity contribution in [2.24, 2.45) is 0 Å². The van der Waals surface area contributed by atoms with Crippen molar-refractivity contribution >= 4 is 16.5 Å². The van der Waals surface area contributed by atoms with Crippen LogP contribution in [0, 0.1) is 6.92 Å². The Bertz CT molecular complexity index is 389. The highest BCUT2D eigenvalue weighted by atomic mass is 32.1. The minimum absolute atomic E-state index is 0.0685. The fourth-order valence-electron chi connectivity index (χ4n) is 2.05. The predicted molar refractivity (Wildman–Crippen MR) is 71.9 cm³/mol. The van der Waals surface area contributed by atoms with Crippen molar-refractivity contribution in [3.8, 4) is 0 Å². The van der Waals surface area contributed by atoms with E-state index in [4.69, 9.17) is 4.74 Å². The minimum Gasteiger partial charge on any atom is -0.372 e. The SMILES string of the molecule is CNCc1sc(N2CCOC(C)(C)C2)nc1C. The van der Waals surface area contributed by atoms with Gasteiger partial charge < -0.3 is 15.0 Å². The molecule has 96 valence electrons. The molecule has 0 bridgehead atoms. The third-order valence-electron chi connectivity index (χ3n) is 2.91. The Morgan fingerprint density at radius 2 is 2.29 bits per heavy atom. The van der Waals surface area contributed by atoms with E-state index in [9.17, 15) is 0 Å². The summed E-state index contributed by atoms with van der Waals surface area (Å²) in [6, 6.07) is 0. The number of nitrogens with one attached hydrogen (secondary N) is 1. The quantitative estimate of drug-likeness (QED) is 0.893. The molecular formula is C12H21N3OS. The molecule has 1 fully saturated rings. The maximum Gasteiger partial charge on any atom is 0.185 e. The van der Waals surface area contributed by atoms with Gasteiger partial charge in [-0.25, -0.2) is 4.98 Å². The van der Waals surface area contributed by atoms with Crippen LogP contribution in [0.4, 0.5) is 5.13 Å². The van der Waals surface area contributed by atoms with Gasteiger partial charge in [0.2, 0.25) is 0 Å². The number of anilines is 1. The lowest BCUT2D eigenvalue weighted by Crippen LogP contribution is -2.48. The molecule has 1 aromatic rings. The van der Waals surface area contributed by atoms with Crippen molar-refractivity contribution < 1.29 is 4.74 Å². The molecule has 1 saturated heterocycles. The zero-order chi connectivity index (χ0) is 12.5. The number of aryl methyl sites for hydroxylation is 1. The van der Waals surface area contributed by atoms with E-state index >= 15 is 0 Å². The molecule has 0 radical (unpaired) electrons. The van der Waals surface area contributed by atoms with Crippen LogP contribution in [0.3, 0.4) is 0 Å². The lowest BCUT2D eigenvalue weighted by molar-refractivity contribution is -0.0277. The Morgan fingerprint density at radius 3 is 2.94 bits per heavy atom. The molecule has 2 rings (SSSR count). The second-order valence-corrected chi connectivity index (χ2v) is 6.13. The van der Waals surface area contributed by atoms with Crippen molar-refractivity contribution in [2.75, 3.05) is 31.6 Å². The van der Waals surface area contributed by atoms with E-state index < -0.39 is 0 Å². The van der Waals surface area contributed by atoms with Gasteiger partial charge in [0.05, 0.1) is 17.9 Å². The molecule has 0 aromatic carbocycles. The van der Waals surface area contributed by atoms with E-state index in [2.05, 4.69) is 36.0 Å². The summed E-state index contributed by atoms with van der Waals surface area (Å²) < 4.78 is 5.72. The Labute approximate surface area is 107 Å². The molecule has 2 heterocycles. The number of thiazole rings is 1. The first-order valence-corrected chi connectivity index (χ1v) is 6.83. The highest BCUT2D eigenvalue weighted by Crippen LogP contribution is 2.29. The maximum atomic E-state index is 5.72. The lowest BCUT2D eigenvalue weighted by Gasteiger charge is -2.38. The molecule has 1 aliphatic heterocycles. The average Bonchev–Trinajstić information content (AvgIpc) is 2.60. The number of ether oxygens (including phenoxy) is 1. The van der Waals surface area contributed by atoms with Crippen LogP contribution in [0.2, 0.25) is 0 Å². The monoisotopic (exact) mass is 255 g/mol. The van der Waals surface area contributed by atoms with Crippen LogP contribution >= 0.6 is 11.3 Å². The Hall–Kier alpha value is -0.650. The highest BCUT2D eigenvalue weighted by Gasteiger charge is 2.28. The normalized spacial score (nSPS) is 19.6. The average molecular weight is 255 g/mol. The van der Waals surface area contributed by atoms with Crippen molar-refractivity contribution in [2.45, 2.75) is 32.9 Å². The maximum absolute atomic E-state index is 5.72. The van der Waals surface area contributed by atoms with Crippen LogP contribution in [-0.4, -0.2) is 37.3 Å². The summed E-state index contributed by atoms with van der Waals surface area (Å²) in [5.74, 6) is 0. The largest absolute Gasteiger partial charge is 0.372 e. The Morgan fingerprint density at radius 1 is 1.53 bits per heavy atom. The van der Waals surface area contributed by atoms with Gasteiger partial charge >= 0.3 is 0 Å². The van der Waals surface area contributed by atoms with Gasteiger partial charge in [0.1, 0.15) is 0 Å². The van der Waals surface area contributed by atoms with E-state index in [1.807, 2.05) is 7.05 Å². The second-order valence-electron chi connectivity index (χ2n) is 5.07. The predicted octanol–water partition coefficient (Wildman–Crippen LogP) is 1.79. The fraction of sp³-hybridized carbons (Fsp3) is 0.750. The standard InChI is InChI=1S/C12H21N3OS/c1-9-10(7-13-4)17-11(14-9)15-5-6-16-12(2,3)8-15/h13H,5-8H2,1-4H3. The third kappa shape index (κ3) is 2.97. The van der Waals surface area contributed by atoms with Crippen molar-refractivity contribution in [3.05, 3.63) is 10.6 Å². The molecule has 1 N–H and O–H groups in total. The van der Waals surface area contributed by atoms with E-state index in [1.54, 1.807) is 11.3 Å². The zero-order valence-corrected chi connectivity index (χ0v) is 11.9. The van der Waals surface area contributed by atoms with Gasteiger partial charge in [-0.05, 0) is 27.8 Å². The van der Waals surface area contributed by atoms with Gasteiger partial charge in [0.25, 0.3) is 0 Å². The van der Waals surface area contributed by atoms with Crippen LogP contribution in [0.15, 0.2) is 0 Å². The van der Waals surface area contributed by atoms with Crippen LogP contribution in [0.25, 0.3) is 0 Å². The van der Waals surface area contributed by atoms with Gasteiger partial charge in [-0.3, -0.25) is 0 Å². The molecule has 4 nitrogen and oxygen atoms in total.